The Kier molecular flexibility index (Phi) is 3.33. The molecule has 0 aliphatic heterocycles. The lowest BCUT2D eigenvalue weighted by Gasteiger charge is -2.10. The number of aromatic nitrogens is 3. The molecule has 0 saturated carbocycles. The van der Waals surface area contributed by atoms with Gasteiger partial charge in [0.05, 0.1) is 0 Å². The number of carbonyl (C=O) groups excluding carboxylic acids is 1. The van der Waals surface area contributed by atoms with E-state index >= 15 is 0 Å². The van der Waals surface area contributed by atoms with E-state index < -0.39 is 0 Å². The van der Waals surface area contributed by atoms with Crippen molar-refractivity contribution < 1.29 is 4.79 Å². The van der Waals surface area contributed by atoms with Gasteiger partial charge in [-0.25, -0.2) is 4.98 Å². The van der Waals surface area contributed by atoms with Gasteiger partial charge in [0, 0.05) is 24.2 Å². The number of anilines is 1. The van der Waals surface area contributed by atoms with E-state index in [2.05, 4.69) is 27.6 Å². The molecule has 5 nitrogen and oxygen atoms in total. The van der Waals surface area contributed by atoms with Crippen molar-refractivity contribution in [2.45, 2.75) is 12.8 Å². The summed E-state index contributed by atoms with van der Waals surface area (Å²) in [6.07, 6.45) is 7.45. The highest BCUT2D eigenvalue weighted by Gasteiger charge is 2.19. The van der Waals surface area contributed by atoms with Gasteiger partial charge in [0.2, 0.25) is 5.91 Å². The summed E-state index contributed by atoms with van der Waals surface area (Å²) in [6.45, 7) is 0. The normalized spacial score (nSPS) is 14.7. The van der Waals surface area contributed by atoms with Crippen molar-refractivity contribution in [3.05, 3.63) is 42.7 Å². The van der Waals surface area contributed by atoms with Gasteiger partial charge in [-0.1, -0.05) is 12.2 Å². The average molecular weight is 268 g/mol. The minimum absolute atomic E-state index is 0.0760. The molecule has 20 heavy (non-hydrogen) atoms. The lowest BCUT2D eigenvalue weighted by atomic mass is 10.1. The molecule has 0 radical (unpaired) electrons. The van der Waals surface area contributed by atoms with Gasteiger partial charge in [-0.15, -0.1) is 0 Å². The first-order chi connectivity index (χ1) is 9.72. The Morgan fingerprint density at radius 3 is 2.55 bits per heavy atom. The van der Waals surface area contributed by atoms with E-state index in [9.17, 15) is 4.79 Å². The molecule has 1 amide bonds. The SMILES string of the molecule is Cn1cnc(-c2ccc(NC(=O)C3CC=CC3)cc2)n1. The van der Waals surface area contributed by atoms with Gasteiger partial charge in [-0.3, -0.25) is 9.48 Å². The maximum Gasteiger partial charge on any atom is 0.228 e. The molecule has 1 N–H and O–H groups in total. The van der Waals surface area contributed by atoms with E-state index in [0.29, 0.717) is 5.82 Å². The number of amides is 1. The smallest absolute Gasteiger partial charge is 0.228 e. The molecule has 0 atom stereocenters. The summed E-state index contributed by atoms with van der Waals surface area (Å²) in [5.41, 5.74) is 1.74. The van der Waals surface area contributed by atoms with Crippen molar-refractivity contribution in [1.29, 1.82) is 0 Å². The number of nitrogens with zero attached hydrogens (tertiary/aromatic N) is 3. The van der Waals surface area contributed by atoms with Gasteiger partial charge in [-0.2, -0.15) is 5.10 Å². The van der Waals surface area contributed by atoms with Crippen molar-refractivity contribution in [3.63, 3.8) is 0 Å². The average Bonchev–Trinajstić information content (AvgIpc) is 3.10. The van der Waals surface area contributed by atoms with Crippen molar-refractivity contribution in [2.24, 2.45) is 13.0 Å². The van der Waals surface area contributed by atoms with Gasteiger partial charge in [0.15, 0.2) is 5.82 Å². The van der Waals surface area contributed by atoms with Crippen LogP contribution in [0.3, 0.4) is 0 Å². The van der Waals surface area contributed by atoms with Gasteiger partial charge < -0.3 is 5.32 Å². The second-order valence-electron chi connectivity index (χ2n) is 4.95. The number of hydrogen-bond acceptors (Lipinski definition) is 3. The summed E-state index contributed by atoms with van der Waals surface area (Å²) in [4.78, 5) is 16.2. The zero-order chi connectivity index (χ0) is 13.9. The van der Waals surface area contributed by atoms with Crippen LogP contribution in [-0.4, -0.2) is 20.7 Å². The maximum atomic E-state index is 12.0. The fourth-order valence-corrected chi connectivity index (χ4v) is 2.25. The highest BCUT2D eigenvalue weighted by atomic mass is 16.1. The molecule has 0 bridgehead atoms. The van der Waals surface area contributed by atoms with Crippen LogP contribution in [0.1, 0.15) is 12.8 Å². The second-order valence-corrected chi connectivity index (χ2v) is 4.95. The Hall–Kier alpha value is -2.43. The topological polar surface area (TPSA) is 59.8 Å². The van der Waals surface area contributed by atoms with Crippen LogP contribution in [0.5, 0.6) is 0 Å². The largest absolute Gasteiger partial charge is 0.326 e. The third-order valence-electron chi connectivity index (χ3n) is 3.39. The maximum absolute atomic E-state index is 12.0. The third kappa shape index (κ3) is 2.61. The monoisotopic (exact) mass is 268 g/mol. The number of benzene rings is 1. The Morgan fingerprint density at radius 1 is 1.25 bits per heavy atom. The van der Waals surface area contributed by atoms with Crippen molar-refractivity contribution in [2.75, 3.05) is 5.32 Å². The van der Waals surface area contributed by atoms with E-state index in [1.807, 2.05) is 31.3 Å². The molecule has 2 aromatic rings. The predicted octanol–water partition coefficient (Wildman–Crippen LogP) is 2.39. The van der Waals surface area contributed by atoms with E-state index in [1.165, 1.54) is 0 Å². The Morgan fingerprint density at radius 2 is 1.95 bits per heavy atom. The second kappa shape index (κ2) is 5.28. The van der Waals surface area contributed by atoms with Crippen LogP contribution in [-0.2, 0) is 11.8 Å². The van der Waals surface area contributed by atoms with E-state index in [-0.39, 0.29) is 11.8 Å². The highest BCUT2D eigenvalue weighted by Crippen LogP contribution is 2.21. The van der Waals surface area contributed by atoms with Gasteiger partial charge in [0.25, 0.3) is 0 Å². The van der Waals surface area contributed by atoms with Gasteiger partial charge in [0.1, 0.15) is 6.33 Å². The highest BCUT2D eigenvalue weighted by molar-refractivity contribution is 5.93. The fraction of sp³-hybridized carbons (Fsp3) is 0.267. The standard InChI is InChI=1S/C15H16N4O/c1-19-10-16-14(18-19)11-6-8-13(9-7-11)17-15(20)12-4-2-3-5-12/h2-3,6-10,12H,4-5H2,1H3,(H,17,20). The van der Waals surface area contributed by atoms with Crippen molar-refractivity contribution in [3.8, 4) is 11.4 Å². The molecule has 0 saturated heterocycles. The first-order valence-corrected chi connectivity index (χ1v) is 6.64. The number of nitrogens with one attached hydrogen (secondary N) is 1. The van der Waals surface area contributed by atoms with Crippen molar-refractivity contribution in [1.82, 2.24) is 14.8 Å². The summed E-state index contributed by atoms with van der Waals surface area (Å²) in [6, 6.07) is 7.59. The molecule has 1 aliphatic carbocycles. The fourth-order valence-electron chi connectivity index (χ4n) is 2.25. The van der Waals surface area contributed by atoms with E-state index in [0.717, 1.165) is 24.1 Å². The number of allylic oxidation sites excluding steroid dienone is 2. The lowest BCUT2D eigenvalue weighted by molar-refractivity contribution is -0.119. The zero-order valence-electron chi connectivity index (χ0n) is 11.3. The molecule has 102 valence electrons. The Labute approximate surface area is 117 Å². The molecule has 1 aromatic heterocycles. The van der Waals surface area contributed by atoms with Crippen LogP contribution in [0.2, 0.25) is 0 Å². The van der Waals surface area contributed by atoms with Crippen LogP contribution in [0.4, 0.5) is 5.69 Å². The third-order valence-corrected chi connectivity index (χ3v) is 3.39. The molecule has 0 fully saturated rings. The summed E-state index contributed by atoms with van der Waals surface area (Å²) in [5, 5.41) is 7.19. The minimum Gasteiger partial charge on any atom is -0.326 e. The van der Waals surface area contributed by atoms with Crippen LogP contribution in [0, 0.1) is 5.92 Å². The molecular weight excluding hydrogens is 252 g/mol. The van der Waals surface area contributed by atoms with Gasteiger partial charge >= 0.3 is 0 Å². The molecule has 0 unspecified atom stereocenters. The minimum atomic E-state index is 0.0760. The molecule has 1 heterocycles. The first kappa shape index (κ1) is 12.6. The molecule has 3 rings (SSSR count). The lowest BCUT2D eigenvalue weighted by Crippen LogP contribution is -2.20. The first-order valence-electron chi connectivity index (χ1n) is 6.64. The molecule has 5 heteroatoms. The molecule has 1 aromatic carbocycles. The number of carbonyl (C=O) groups is 1. The van der Waals surface area contributed by atoms with Gasteiger partial charge in [-0.05, 0) is 37.1 Å². The van der Waals surface area contributed by atoms with Crippen LogP contribution >= 0.6 is 0 Å². The number of aryl methyl sites for hydroxylation is 1. The number of hydrogen-bond donors (Lipinski definition) is 1. The quantitative estimate of drug-likeness (QED) is 0.869. The zero-order valence-corrected chi connectivity index (χ0v) is 11.3. The molecular formula is C15H16N4O. The molecule has 1 aliphatic rings. The predicted molar refractivity (Wildman–Crippen MR) is 76.9 cm³/mol. The molecule has 0 spiro atoms. The van der Waals surface area contributed by atoms with Crippen molar-refractivity contribution >= 4 is 11.6 Å². The Balaban J connectivity index is 1.68. The summed E-state index contributed by atoms with van der Waals surface area (Å²) in [5.74, 6) is 0.844. The van der Waals surface area contributed by atoms with E-state index in [1.54, 1.807) is 11.0 Å². The summed E-state index contributed by atoms with van der Waals surface area (Å²) < 4.78 is 1.66. The van der Waals surface area contributed by atoms with Crippen LogP contribution in [0.25, 0.3) is 11.4 Å². The van der Waals surface area contributed by atoms with E-state index in [4.69, 9.17) is 0 Å². The van der Waals surface area contributed by atoms with Crippen LogP contribution in [0.15, 0.2) is 42.7 Å². The Bertz CT molecular complexity index is 634. The summed E-state index contributed by atoms with van der Waals surface area (Å²) >= 11 is 0. The number of rotatable bonds is 3. The summed E-state index contributed by atoms with van der Waals surface area (Å²) in [7, 11) is 1.83. The van der Waals surface area contributed by atoms with Crippen LogP contribution < -0.4 is 5.32 Å².